The Morgan fingerprint density at radius 2 is 1.69 bits per heavy atom. The van der Waals surface area contributed by atoms with E-state index in [1.807, 2.05) is 12.1 Å². The zero-order valence-corrected chi connectivity index (χ0v) is 30.4. The molecule has 7 rings (SSSR count). The molecule has 2 fully saturated rings. The predicted octanol–water partition coefficient (Wildman–Crippen LogP) is 6.08. The highest BCUT2D eigenvalue weighted by molar-refractivity contribution is 7.71. The van der Waals surface area contributed by atoms with Crippen molar-refractivity contribution in [1.29, 1.82) is 0 Å². The molecule has 0 radical (unpaired) electrons. The summed E-state index contributed by atoms with van der Waals surface area (Å²) in [7, 11) is 1.10. The lowest BCUT2D eigenvalue weighted by Crippen LogP contribution is -2.52. The van der Waals surface area contributed by atoms with Crippen LogP contribution in [0.1, 0.15) is 25.3 Å². The molecule has 0 amide bonds. The molecule has 0 aliphatic carbocycles. The number of piperidine rings is 1. The molecular weight excluding hydrogens is 659 g/mol. The summed E-state index contributed by atoms with van der Waals surface area (Å²) in [6.45, 7) is 12.3. The van der Waals surface area contributed by atoms with E-state index in [9.17, 15) is 4.57 Å². The van der Waals surface area contributed by atoms with Gasteiger partial charge in [0.1, 0.15) is 34.5 Å². The van der Waals surface area contributed by atoms with E-state index in [0.717, 1.165) is 70.0 Å². The zero-order chi connectivity index (χ0) is 34.3. The number of piperazine rings is 1. The number of likely N-dealkylation sites (N-methyl/N-ethyl adjacent to an activating group) is 1. The van der Waals surface area contributed by atoms with Gasteiger partial charge in [-0.3, -0.25) is 14.9 Å². The highest BCUT2D eigenvalue weighted by Gasteiger charge is 2.29. The minimum atomic E-state index is -2.80. The monoisotopic (exact) mass is 702 g/mol. The molecule has 2 aromatic carbocycles. The molecule has 0 spiro atoms. The largest absolute Gasteiger partial charge is 0.494 e. The number of aromatic amines is 1. The molecule has 3 aromatic heterocycles. The highest BCUT2D eigenvalue weighted by atomic mass is 35.5. The Balaban J connectivity index is 1.19. The molecule has 0 unspecified atom stereocenters. The van der Waals surface area contributed by atoms with Crippen molar-refractivity contribution in [2.75, 3.05) is 82.3 Å². The lowest BCUT2D eigenvalue weighted by atomic mass is 9.99. The predicted molar refractivity (Wildman–Crippen MR) is 201 cm³/mol. The Bertz CT molecular complexity index is 2030. The molecule has 5 aromatic rings. The molecule has 258 valence electrons. The van der Waals surface area contributed by atoms with E-state index in [4.69, 9.17) is 21.3 Å². The first-order valence-electron chi connectivity index (χ1n) is 16.9. The standard InChI is InChI=1S/C35H44ClN10O2P/c1-6-22-19-26(28(48-3)20-27(22)46-13-9-23(10-14-46)45-17-15-44(2)16-18-45)42-35-32-31(39-21-40-32)29(36)34(43-35)41-25-8-7-24-30(38-12-11-37-24)33(25)49(4,5)47/h7-8,11-12,19-21,23H,6,9-10,13-18H2,1-5H3,(H,39,40)(H2,41,42,43). The third-order valence-electron chi connectivity index (χ3n) is 9.82. The van der Waals surface area contributed by atoms with Gasteiger partial charge in [-0.05, 0) is 63.4 Å². The van der Waals surface area contributed by atoms with Crippen LogP contribution < -0.4 is 25.6 Å². The summed E-state index contributed by atoms with van der Waals surface area (Å²) < 4.78 is 19.5. The number of rotatable bonds is 9. The number of anilines is 5. The zero-order valence-electron chi connectivity index (χ0n) is 28.8. The van der Waals surface area contributed by atoms with Crippen molar-refractivity contribution in [3.05, 3.63) is 53.6 Å². The molecule has 3 N–H and O–H groups in total. The number of aryl methyl sites for hydroxylation is 1. The van der Waals surface area contributed by atoms with Crippen molar-refractivity contribution in [3.63, 3.8) is 0 Å². The summed E-state index contributed by atoms with van der Waals surface area (Å²) in [6, 6.07) is 8.65. The van der Waals surface area contributed by atoms with E-state index >= 15 is 0 Å². The van der Waals surface area contributed by atoms with Crippen molar-refractivity contribution in [1.82, 2.24) is 34.7 Å². The van der Waals surface area contributed by atoms with Crippen LogP contribution in [-0.2, 0) is 11.0 Å². The van der Waals surface area contributed by atoms with Gasteiger partial charge < -0.3 is 34.7 Å². The number of nitrogens with zero attached hydrogens (tertiary/aromatic N) is 7. The number of hydrogen-bond donors (Lipinski definition) is 3. The number of imidazole rings is 1. The van der Waals surface area contributed by atoms with Crippen LogP contribution in [0, 0.1) is 0 Å². The first kappa shape index (κ1) is 33.5. The summed E-state index contributed by atoms with van der Waals surface area (Å²) in [5.74, 6) is 1.62. The summed E-state index contributed by atoms with van der Waals surface area (Å²) in [4.78, 5) is 29.2. The van der Waals surface area contributed by atoms with Gasteiger partial charge in [0, 0.05) is 69.5 Å². The van der Waals surface area contributed by atoms with Crippen molar-refractivity contribution in [2.24, 2.45) is 0 Å². The quantitative estimate of drug-likeness (QED) is 0.155. The molecule has 2 saturated heterocycles. The highest BCUT2D eigenvalue weighted by Crippen LogP contribution is 2.43. The smallest absolute Gasteiger partial charge is 0.159 e. The van der Waals surface area contributed by atoms with Crippen LogP contribution in [0.2, 0.25) is 5.02 Å². The average molecular weight is 703 g/mol. The Morgan fingerprint density at radius 3 is 2.41 bits per heavy atom. The van der Waals surface area contributed by atoms with Gasteiger partial charge in [0.25, 0.3) is 0 Å². The number of benzene rings is 2. The topological polar surface area (TPSA) is 127 Å². The number of H-pyrrole nitrogens is 1. The van der Waals surface area contributed by atoms with Gasteiger partial charge in [0.05, 0.1) is 35.6 Å². The second-order valence-electron chi connectivity index (χ2n) is 13.3. The maximum absolute atomic E-state index is 13.6. The van der Waals surface area contributed by atoms with Gasteiger partial charge in [-0.15, -0.1) is 0 Å². The first-order chi connectivity index (χ1) is 23.6. The fourth-order valence-electron chi connectivity index (χ4n) is 7.18. The number of nitrogens with one attached hydrogen (secondary N) is 3. The van der Waals surface area contributed by atoms with Gasteiger partial charge in [-0.1, -0.05) is 18.5 Å². The number of aromatic nitrogens is 5. The van der Waals surface area contributed by atoms with Gasteiger partial charge in [-0.2, -0.15) is 0 Å². The van der Waals surface area contributed by atoms with Crippen LogP contribution in [0.25, 0.3) is 22.1 Å². The van der Waals surface area contributed by atoms with Crippen LogP contribution in [0.4, 0.5) is 28.7 Å². The van der Waals surface area contributed by atoms with Crippen molar-refractivity contribution in [2.45, 2.75) is 32.2 Å². The fraction of sp³-hybridized carbons (Fsp3) is 0.429. The SMILES string of the molecule is CCc1cc(Nc2nc(Nc3ccc4nccnc4c3P(C)(C)=O)c(Cl)c3nc[nH]c23)c(OC)cc1N1CCC(N2CCN(C)CC2)CC1. The summed E-state index contributed by atoms with van der Waals surface area (Å²) in [5.41, 5.74) is 6.30. The number of pyridine rings is 1. The average Bonchev–Trinajstić information content (AvgIpc) is 3.61. The number of methoxy groups -OCH3 is 1. The lowest BCUT2D eigenvalue weighted by molar-refractivity contribution is 0.0982. The molecule has 5 heterocycles. The van der Waals surface area contributed by atoms with Crippen LogP contribution in [-0.4, -0.2) is 108 Å². The van der Waals surface area contributed by atoms with Crippen LogP contribution in [0.15, 0.2) is 43.0 Å². The van der Waals surface area contributed by atoms with Crippen LogP contribution in [0.5, 0.6) is 5.75 Å². The van der Waals surface area contributed by atoms with Crippen molar-refractivity contribution >= 4 is 74.8 Å². The fourth-order valence-corrected chi connectivity index (χ4v) is 8.81. The van der Waals surface area contributed by atoms with E-state index in [1.165, 1.54) is 11.3 Å². The Hall–Kier alpha value is -3.96. The van der Waals surface area contributed by atoms with E-state index in [2.05, 4.69) is 71.4 Å². The molecule has 0 bridgehead atoms. The van der Waals surface area contributed by atoms with E-state index < -0.39 is 7.14 Å². The maximum atomic E-state index is 13.6. The van der Waals surface area contributed by atoms with E-state index in [0.29, 0.717) is 55.8 Å². The second kappa shape index (κ2) is 13.7. The van der Waals surface area contributed by atoms with Crippen molar-refractivity contribution < 1.29 is 9.30 Å². The van der Waals surface area contributed by atoms with Gasteiger partial charge >= 0.3 is 0 Å². The second-order valence-corrected chi connectivity index (χ2v) is 16.9. The lowest BCUT2D eigenvalue weighted by Gasteiger charge is -2.43. The molecule has 2 aliphatic heterocycles. The van der Waals surface area contributed by atoms with Crippen LogP contribution in [0.3, 0.4) is 0 Å². The summed E-state index contributed by atoms with van der Waals surface area (Å²) in [5, 5.41) is 7.81. The van der Waals surface area contributed by atoms with E-state index in [-0.39, 0.29) is 0 Å². The Morgan fingerprint density at radius 1 is 0.959 bits per heavy atom. The van der Waals surface area contributed by atoms with Gasteiger partial charge in [0.15, 0.2) is 11.6 Å². The van der Waals surface area contributed by atoms with Crippen molar-refractivity contribution in [3.8, 4) is 5.75 Å². The number of fused-ring (bicyclic) bond motifs is 2. The minimum absolute atomic E-state index is 0.338. The minimum Gasteiger partial charge on any atom is -0.494 e. The van der Waals surface area contributed by atoms with Crippen LogP contribution >= 0.6 is 18.7 Å². The Kier molecular flexibility index (Phi) is 9.41. The first-order valence-corrected chi connectivity index (χ1v) is 19.9. The molecule has 49 heavy (non-hydrogen) atoms. The third kappa shape index (κ3) is 6.67. The maximum Gasteiger partial charge on any atom is 0.159 e. The molecule has 0 atom stereocenters. The normalized spacial score (nSPS) is 16.8. The van der Waals surface area contributed by atoms with E-state index in [1.54, 1.807) is 39.2 Å². The van der Waals surface area contributed by atoms with Gasteiger partial charge in [-0.25, -0.2) is 9.97 Å². The molecule has 2 aliphatic rings. The number of halogens is 1. The third-order valence-corrected chi connectivity index (χ3v) is 11.7. The number of ether oxygens (including phenoxy) is 1. The Labute approximate surface area is 292 Å². The molecular formula is C35H44ClN10O2P. The molecule has 12 nitrogen and oxygen atoms in total. The molecule has 14 heteroatoms. The number of hydrogen-bond acceptors (Lipinski definition) is 11. The van der Waals surface area contributed by atoms with Gasteiger partial charge in [0.2, 0.25) is 0 Å². The molecule has 0 saturated carbocycles. The summed E-state index contributed by atoms with van der Waals surface area (Å²) in [6.07, 6.45) is 8.02. The summed E-state index contributed by atoms with van der Waals surface area (Å²) >= 11 is 6.90.